The van der Waals surface area contributed by atoms with Crippen LogP contribution in [0.5, 0.6) is 0 Å². The predicted molar refractivity (Wildman–Crippen MR) is 72.2 cm³/mol. The van der Waals surface area contributed by atoms with Crippen LogP contribution in [0.3, 0.4) is 0 Å². The van der Waals surface area contributed by atoms with E-state index in [0.717, 1.165) is 6.07 Å². The van der Waals surface area contributed by atoms with Crippen LogP contribution in [0.4, 0.5) is 28.9 Å². The van der Waals surface area contributed by atoms with Crippen LogP contribution in [0.15, 0.2) is 15.8 Å². The molecule has 1 aliphatic rings. The van der Waals surface area contributed by atoms with E-state index in [4.69, 9.17) is 10.9 Å². The summed E-state index contributed by atoms with van der Waals surface area (Å²) in [6.07, 6.45) is -4.88. The molecule has 0 unspecified atom stereocenters. The fourth-order valence-electron chi connectivity index (χ4n) is 2.06. The van der Waals surface area contributed by atoms with E-state index in [-0.39, 0.29) is 11.5 Å². The van der Waals surface area contributed by atoms with Gasteiger partial charge in [0.25, 0.3) is 0 Å². The number of hydrogen-bond donors (Lipinski definition) is 3. The van der Waals surface area contributed by atoms with Crippen LogP contribution in [0.1, 0.15) is 19.4 Å². The summed E-state index contributed by atoms with van der Waals surface area (Å²) in [5.41, 5.74) is 3.90. The Labute approximate surface area is 125 Å². The van der Waals surface area contributed by atoms with E-state index in [2.05, 4.69) is 26.5 Å². The maximum Gasteiger partial charge on any atom is 0.419 e. The first-order valence-electron chi connectivity index (χ1n) is 5.64. The number of nitrogens with zero attached hydrogens (tertiary/aromatic N) is 2. The van der Waals surface area contributed by atoms with Crippen LogP contribution >= 0.6 is 15.9 Å². The number of benzene rings is 1. The van der Waals surface area contributed by atoms with Gasteiger partial charge in [0.15, 0.2) is 0 Å². The number of hydrogen-bond acceptors (Lipinski definition) is 4. The highest BCUT2D eigenvalue weighted by molar-refractivity contribution is 9.10. The normalized spacial score (nSPS) is 17.3. The summed E-state index contributed by atoms with van der Waals surface area (Å²) in [6.45, 7) is 3.04. The summed E-state index contributed by atoms with van der Waals surface area (Å²) in [6, 6.07) is 0.876. The topological polar surface area (TPSA) is 75.3 Å². The van der Waals surface area contributed by atoms with Crippen molar-refractivity contribution in [1.29, 1.82) is 10.9 Å². The van der Waals surface area contributed by atoms with Gasteiger partial charge < -0.3 is 5.32 Å². The average molecular weight is 368 g/mol. The van der Waals surface area contributed by atoms with Gasteiger partial charge in [-0.15, -0.1) is 0 Å². The fraction of sp³-hybridized carbons (Fsp3) is 0.364. The summed E-state index contributed by atoms with van der Waals surface area (Å²) < 4.78 is 52.6. The van der Waals surface area contributed by atoms with Crippen molar-refractivity contribution in [3.63, 3.8) is 0 Å². The van der Waals surface area contributed by atoms with Crippen molar-refractivity contribution >= 4 is 33.1 Å². The molecule has 0 aromatic heterocycles. The minimum absolute atomic E-state index is 0.181. The molecule has 0 saturated carbocycles. The van der Waals surface area contributed by atoms with Gasteiger partial charge in [0.2, 0.25) is 0 Å². The smallest absolute Gasteiger partial charge is 0.371 e. The van der Waals surface area contributed by atoms with Gasteiger partial charge in [-0.25, -0.2) is 4.39 Å². The number of fused-ring (bicyclic) bond motifs is 1. The molecule has 114 valence electrons. The summed E-state index contributed by atoms with van der Waals surface area (Å²) in [5, 5.41) is 14.1. The van der Waals surface area contributed by atoms with Crippen LogP contribution in [0.2, 0.25) is 0 Å². The molecule has 0 spiro atoms. The first-order valence-corrected chi connectivity index (χ1v) is 6.44. The molecule has 1 aliphatic heterocycles. The number of halogens is 5. The second-order valence-corrected chi connectivity index (χ2v) is 5.74. The van der Waals surface area contributed by atoms with Crippen molar-refractivity contribution in [1.82, 2.24) is 0 Å². The Morgan fingerprint density at radius 1 is 1.38 bits per heavy atom. The zero-order chi connectivity index (χ0) is 16.2. The minimum atomic E-state index is -4.88. The third-order valence-corrected chi connectivity index (χ3v) is 3.81. The second kappa shape index (κ2) is 4.65. The molecule has 10 heteroatoms. The quantitative estimate of drug-likeness (QED) is 0.503. The van der Waals surface area contributed by atoms with Gasteiger partial charge >= 0.3 is 6.18 Å². The number of nitrogens with one attached hydrogen (secondary N) is 3. The third kappa shape index (κ3) is 2.37. The molecule has 1 aromatic rings. The SMILES string of the molecule is CC1(C)Nc2cc(F)c(Br)c(C(F)(F)F)c2N(N=N)C1=N. The Balaban J connectivity index is 2.87. The highest BCUT2D eigenvalue weighted by Gasteiger charge is 2.45. The van der Waals surface area contributed by atoms with Gasteiger partial charge in [-0.1, -0.05) is 5.22 Å². The molecule has 1 aromatic carbocycles. The second-order valence-electron chi connectivity index (χ2n) is 4.95. The first-order chi connectivity index (χ1) is 9.50. The molecule has 0 atom stereocenters. The van der Waals surface area contributed by atoms with Gasteiger partial charge in [-0.2, -0.15) is 23.7 Å². The maximum absolute atomic E-state index is 13.7. The van der Waals surface area contributed by atoms with Gasteiger partial charge in [0, 0.05) is 6.07 Å². The molecule has 0 saturated heterocycles. The molecule has 2 rings (SSSR count). The number of anilines is 2. The first kappa shape index (κ1) is 15.7. The van der Waals surface area contributed by atoms with E-state index in [9.17, 15) is 17.6 Å². The highest BCUT2D eigenvalue weighted by Crippen LogP contribution is 2.49. The summed E-state index contributed by atoms with van der Waals surface area (Å²) >= 11 is 2.58. The van der Waals surface area contributed by atoms with Gasteiger partial charge in [0.1, 0.15) is 22.9 Å². The van der Waals surface area contributed by atoms with Crippen LogP contribution in [0.25, 0.3) is 0 Å². The van der Waals surface area contributed by atoms with Crippen LogP contribution in [0, 0.1) is 16.8 Å². The van der Waals surface area contributed by atoms with Gasteiger partial charge in [0.05, 0.1) is 15.7 Å². The van der Waals surface area contributed by atoms with Gasteiger partial charge in [-0.05, 0) is 29.8 Å². The molecule has 0 radical (unpaired) electrons. The Bertz CT molecular complexity index is 640. The van der Waals surface area contributed by atoms with Gasteiger partial charge in [-0.3, -0.25) is 5.41 Å². The Hall–Kier alpha value is -1.71. The average Bonchev–Trinajstić information content (AvgIpc) is 2.32. The monoisotopic (exact) mass is 367 g/mol. The third-order valence-electron chi connectivity index (χ3n) is 3.04. The number of alkyl halides is 3. The van der Waals surface area contributed by atoms with Crippen molar-refractivity contribution in [2.24, 2.45) is 5.22 Å². The molecule has 5 nitrogen and oxygen atoms in total. The van der Waals surface area contributed by atoms with E-state index in [1.807, 2.05) is 0 Å². The summed E-state index contributed by atoms with van der Waals surface area (Å²) in [5.74, 6) is -1.45. The lowest BCUT2D eigenvalue weighted by molar-refractivity contribution is -0.137. The molecule has 0 fully saturated rings. The summed E-state index contributed by atoms with van der Waals surface area (Å²) in [4.78, 5) is 0. The Kier molecular flexibility index (Phi) is 3.47. The molecular formula is C11H10BrF4N5. The molecule has 21 heavy (non-hydrogen) atoms. The maximum atomic E-state index is 13.7. The standard InChI is InChI=1S/C11H10BrF4N5/c1-10(2)9(17)21(20-18)8-5(19-10)3-4(13)7(12)6(8)11(14,15)16/h3,17-19H,1-2H3. The van der Waals surface area contributed by atoms with Crippen LogP contribution in [-0.2, 0) is 6.18 Å². The van der Waals surface area contributed by atoms with Crippen LogP contribution < -0.4 is 10.3 Å². The zero-order valence-electron chi connectivity index (χ0n) is 10.9. The molecule has 0 aliphatic carbocycles. The molecule has 3 N–H and O–H groups in total. The largest absolute Gasteiger partial charge is 0.419 e. The van der Waals surface area contributed by atoms with Crippen molar-refractivity contribution in [2.45, 2.75) is 25.6 Å². The Morgan fingerprint density at radius 3 is 2.43 bits per heavy atom. The van der Waals surface area contributed by atoms with E-state index < -0.39 is 33.3 Å². The lowest BCUT2D eigenvalue weighted by atomic mass is 9.96. The molecule has 1 heterocycles. The molecule has 0 amide bonds. The summed E-state index contributed by atoms with van der Waals surface area (Å²) in [7, 11) is 0. The lowest BCUT2D eigenvalue weighted by Crippen LogP contribution is -2.52. The van der Waals surface area contributed by atoms with Crippen LogP contribution in [-0.4, -0.2) is 11.4 Å². The van der Waals surface area contributed by atoms with Crippen molar-refractivity contribution in [3.05, 3.63) is 21.9 Å². The van der Waals surface area contributed by atoms with Crippen molar-refractivity contribution in [2.75, 3.05) is 10.3 Å². The van der Waals surface area contributed by atoms with E-state index in [0.29, 0.717) is 5.01 Å². The van der Waals surface area contributed by atoms with Crippen molar-refractivity contribution in [3.8, 4) is 0 Å². The minimum Gasteiger partial charge on any atom is -0.371 e. The highest BCUT2D eigenvalue weighted by atomic mass is 79.9. The van der Waals surface area contributed by atoms with E-state index >= 15 is 0 Å². The fourth-order valence-corrected chi connectivity index (χ4v) is 2.59. The Morgan fingerprint density at radius 2 is 1.95 bits per heavy atom. The molecular weight excluding hydrogens is 358 g/mol. The van der Waals surface area contributed by atoms with E-state index in [1.165, 1.54) is 13.8 Å². The number of rotatable bonds is 1. The zero-order valence-corrected chi connectivity index (χ0v) is 12.4. The lowest BCUT2D eigenvalue weighted by Gasteiger charge is -2.40. The number of amidine groups is 1. The predicted octanol–water partition coefficient (Wildman–Crippen LogP) is 4.54. The van der Waals surface area contributed by atoms with Crippen molar-refractivity contribution < 1.29 is 17.6 Å². The molecule has 0 bridgehead atoms. The van der Waals surface area contributed by atoms with E-state index in [1.54, 1.807) is 0 Å².